The Bertz CT molecular complexity index is 1070. The molecule has 2 amide bonds. The third kappa shape index (κ3) is 4.50. The topological polar surface area (TPSA) is 62.3 Å². The van der Waals surface area contributed by atoms with Crippen molar-refractivity contribution in [1.82, 2.24) is 14.7 Å². The predicted octanol–water partition coefficient (Wildman–Crippen LogP) is 2.79. The summed E-state index contributed by atoms with van der Waals surface area (Å²) in [5.74, 6) is 0.490. The molecule has 0 N–H and O–H groups in total. The van der Waals surface area contributed by atoms with Gasteiger partial charge < -0.3 is 14.4 Å². The van der Waals surface area contributed by atoms with Gasteiger partial charge in [0, 0.05) is 39.3 Å². The Morgan fingerprint density at radius 2 is 1.61 bits per heavy atom. The Kier molecular flexibility index (Phi) is 6.79. The average molecular weight is 448 g/mol. The molecule has 0 spiro atoms. The van der Waals surface area contributed by atoms with Crippen molar-refractivity contribution in [2.24, 2.45) is 0 Å². The summed E-state index contributed by atoms with van der Waals surface area (Å²) in [6, 6.07) is 15.7. The predicted molar refractivity (Wildman–Crippen MR) is 127 cm³/mol. The summed E-state index contributed by atoms with van der Waals surface area (Å²) in [6.07, 6.45) is 1.57. The summed E-state index contributed by atoms with van der Waals surface area (Å²) in [7, 11) is 3.11. The van der Waals surface area contributed by atoms with E-state index in [9.17, 15) is 9.59 Å². The molecule has 2 aromatic rings. The van der Waals surface area contributed by atoms with Crippen molar-refractivity contribution < 1.29 is 19.1 Å². The van der Waals surface area contributed by atoms with Gasteiger partial charge in [-0.3, -0.25) is 19.4 Å². The fourth-order valence-electron chi connectivity index (χ4n) is 4.37. The zero-order valence-electron chi connectivity index (χ0n) is 19.1. The molecular formula is C26H29N3O4. The summed E-state index contributed by atoms with van der Waals surface area (Å²) in [4.78, 5) is 32.3. The number of hydrogen-bond acceptors (Lipinski definition) is 6. The van der Waals surface area contributed by atoms with Crippen molar-refractivity contribution in [2.45, 2.75) is 6.54 Å². The minimum absolute atomic E-state index is 0.173. The number of nitrogens with zero attached hydrogens (tertiary/aromatic N) is 3. The summed E-state index contributed by atoms with van der Waals surface area (Å²) in [6.45, 7) is 7.69. The summed E-state index contributed by atoms with van der Waals surface area (Å²) >= 11 is 0. The maximum Gasteiger partial charge on any atom is 0.278 e. The number of benzene rings is 2. The second-order valence-electron chi connectivity index (χ2n) is 8.05. The number of hydrogen-bond donors (Lipinski definition) is 0. The van der Waals surface area contributed by atoms with Gasteiger partial charge in [0.2, 0.25) is 0 Å². The van der Waals surface area contributed by atoms with Crippen molar-refractivity contribution in [1.29, 1.82) is 0 Å². The van der Waals surface area contributed by atoms with Crippen LogP contribution in [0, 0.1) is 0 Å². The molecule has 2 aliphatic rings. The van der Waals surface area contributed by atoms with Crippen LogP contribution in [-0.2, 0) is 16.1 Å². The maximum absolute atomic E-state index is 13.3. The Balaban J connectivity index is 1.63. The molecule has 1 fully saturated rings. The number of ether oxygens (including phenoxy) is 2. The standard InChI is InChI=1S/C26H29N3O4/c1-4-12-29-25(30)23(20-10-11-21(32-2)22(17-20)33-3)24(26(29)31)28-15-13-27(14-16-28)18-19-8-6-5-7-9-19/h4-11,17H,1,12-16,18H2,2-3H3. The third-order valence-corrected chi connectivity index (χ3v) is 6.06. The number of amides is 2. The van der Waals surface area contributed by atoms with Crippen LogP contribution in [0.1, 0.15) is 11.1 Å². The number of carbonyl (C=O) groups excluding carboxylic acids is 2. The van der Waals surface area contributed by atoms with E-state index < -0.39 is 0 Å². The molecule has 0 bridgehead atoms. The van der Waals surface area contributed by atoms with Gasteiger partial charge in [0.1, 0.15) is 5.70 Å². The molecule has 0 unspecified atom stereocenters. The number of imide groups is 1. The van der Waals surface area contributed by atoms with Gasteiger partial charge in [0.05, 0.1) is 19.8 Å². The van der Waals surface area contributed by atoms with Crippen LogP contribution in [-0.4, -0.2) is 73.5 Å². The fourth-order valence-corrected chi connectivity index (χ4v) is 4.37. The molecule has 33 heavy (non-hydrogen) atoms. The van der Waals surface area contributed by atoms with Gasteiger partial charge >= 0.3 is 0 Å². The number of methoxy groups -OCH3 is 2. The summed E-state index contributed by atoms with van der Waals surface area (Å²) in [5, 5.41) is 0. The molecule has 172 valence electrons. The summed E-state index contributed by atoms with van der Waals surface area (Å²) < 4.78 is 10.8. The van der Waals surface area contributed by atoms with Crippen LogP contribution < -0.4 is 9.47 Å². The minimum Gasteiger partial charge on any atom is -0.493 e. The molecule has 1 saturated heterocycles. The number of rotatable bonds is 8. The highest BCUT2D eigenvalue weighted by atomic mass is 16.5. The lowest BCUT2D eigenvalue weighted by molar-refractivity contribution is -0.137. The highest BCUT2D eigenvalue weighted by Crippen LogP contribution is 2.36. The highest BCUT2D eigenvalue weighted by Gasteiger charge is 2.41. The largest absolute Gasteiger partial charge is 0.493 e. The van der Waals surface area contributed by atoms with Crippen molar-refractivity contribution >= 4 is 17.4 Å². The van der Waals surface area contributed by atoms with Crippen LogP contribution in [0.2, 0.25) is 0 Å². The SMILES string of the molecule is C=CCN1C(=O)C(c2ccc(OC)c(OC)c2)=C(N2CCN(Cc3ccccc3)CC2)C1=O. The van der Waals surface area contributed by atoms with Crippen LogP contribution in [0.3, 0.4) is 0 Å². The fraction of sp³-hybridized carbons (Fsp3) is 0.308. The number of piperazine rings is 1. The van der Waals surface area contributed by atoms with E-state index in [0.29, 0.717) is 41.4 Å². The molecule has 0 saturated carbocycles. The van der Waals surface area contributed by atoms with E-state index in [1.165, 1.54) is 10.5 Å². The van der Waals surface area contributed by atoms with E-state index in [4.69, 9.17) is 9.47 Å². The zero-order chi connectivity index (χ0) is 23.4. The van der Waals surface area contributed by atoms with E-state index in [1.54, 1.807) is 38.5 Å². The zero-order valence-corrected chi connectivity index (χ0v) is 19.1. The van der Waals surface area contributed by atoms with Crippen LogP contribution in [0.25, 0.3) is 5.57 Å². The summed E-state index contributed by atoms with van der Waals surface area (Å²) in [5.41, 5.74) is 2.76. The Labute approximate surface area is 194 Å². The van der Waals surface area contributed by atoms with Gasteiger partial charge in [-0.2, -0.15) is 0 Å². The van der Waals surface area contributed by atoms with Crippen LogP contribution >= 0.6 is 0 Å². The first kappa shape index (κ1) is 22.6. The lowest BCUT2D eigenvalue weighted by Gasteiger charge is -2.36. The Hall–Kier alpha value is -3.58. The first-order chi connectivity index (χ1) is 16.1. The minimum atomic E-state index is -0.311. The van der Waals surface area contributed by atoms with E-state index in [2.05, 4.69) is 23.6 Å². The molecule has 7 heteroatoms. The molecule has 2 heterocycles. The first-order valence-electron chi connectivity index (χ1n) is 11.0. The first-order valence-corrected chi connectivity index (χ1v) is 11.0. The van der Waals surface area contributed by atoms with Gasteiger partial charge in [-0.25, -0.2) is 0 Å². The van der Waals surface area contributed by atoms with Gasteiger partial charge in [-0.05, 0) is 23.3 Å². The molecule has 4 rings (SSSR count). The maximum atomic E-state index is 13.3. The molecule has 2 aliphatic heterocycles. The highest BCUT2D eigenvalue weighted by molar-refractivity contribution is 6.35. The van der Waals surface area contributed by atoms with Crippen LogP contribution in [0.4, 0.5) is 0 Å². The second kappa shape index (κ2) is 9.92. The van der Waals surface area contributed by atoms with Gasteiger partial charge in [0.25, 0.3) is 11.8 Å². The third-order valence-electron chi connectivity index (χ3n) is 6.06. The van der Waals surface area contributed by atoms with Crippen molar-refractivity contribution in [3.05, 3.63) is 78.0 Å². The van der Waals surface area contributed by atoms with Crippen LogP contribution in [0.15, 0.2) is 66.9 Å². The Morgan fingerprint density at radius 3 is 2.24 bits per heavy atom. The lowest BCUT2D eigenvalue weighted by Crippen LogP contribution is -2.47. The second-order valence-corrected chi connectivity index (χ2v) is 8.05. The van der Waals surface area contributed by atoms with Gasteiger partial charge in [-0.1, -0.05) is 42.5 Å². The van der Waals surface area contributed by atoms with E-state index in [-0.39, 0.29) is 18.4 Å². The molecule has 0 aliphatic carbocycles. The molecular weight excluding hydrogens is 418 g/mol. The number of carbonyl (C=O) groups is 2. The molecule has 2 aromatic carbocycles. The molecule has 7 nitrogen and oxygen atoms in total. The van der Waals surface area contributed by atoms with E-state index in [0.717, 1.165) is 19.6 Å². The van der Waals surface area contributed by atoms with Gasteiger partial charge in [0.15, 0.2) is 11.5 Å². The quantitative estimate of drug-likeness (QED) is 0.458. The van der Waals surface area contributed by atoms with Crippen molar-refractivity contribution in [3.63, 3.8) is 0 Å². The van der Waals surface area contributed by atoms with Crippen LogP contribution in [0.5, 0.6) is 11.5 Å². The van der Waals surface area contributed by atoms with Crippen molar-refractivity contribution in [2.75, 3.05) is 46.9 Å². The molecule has 0 radical (unpaired) electrons. The van der Waals surface area contributed by atoms with Crippen molar-refractivity contribution in [3.8, 4) is 11.5 Å². The Morgan fingerprint density at radius 1 is 0.909 bits per heavy atom. The smallest absolute Gasteiger partial charge is 0.278 e. The average Bonchev–Trinajstić information content (AvgIpc) is 3.10. The monoisotopic (exact) mass is 447 g/mol. The lowest BCUT2D eigenvalue weighted by atomic mass is 10.0. The van der Waals surface area contributed by atoms with E-state index in [1.807, 2.05) is 23.1 Å². The van der Waals surface area contributed by atoms with E-state index >= 15 is 0 Å². The molecule has 0 atom stereocenters. The normalized spacial score (nSPS) is 17.0. The van der Waals surface area contributed by atoms with Gasteiger partial charge in [-0.15, -0.1) is 6.58 Å². The molecule has 0 aromatic heterocycles.